The lowest BCUT2D eigenvalue weighted by molar-refractivity contribution is 0.102. The first-order chi connectivity index (χ1) is 11.7. The molecule has 0 spiro atoms. The van der Waals surface area contributed by atoms with Gasteiger partial charge in [0.15, 0.2) is 10.8 Å². The van der Waals surface area contributed by atoms with Gasteiger partial charge in [-0.15, -0.1) is 11.3 Å². The number of aryl methyl sites for hydroxylation is 1. The molecule has 0 atom stereocenters. The highest BCUT2D eigenvalue weighted by Crippen LogP contribution is 2.16. The fourth-order valence-electron chi connectivity index (χ4n) is 2.55. The van der Waals surface area contributed by atoms with Crippen LogP contribution in [0.25, 0.3) is 4.96 Å². The number of nitrogens with one attached hydrogen (secondary N) is 1. The number of benzene rings is 1. The maximum Gasteiger partial charge on any atom is 0.274 e. The minimum atomic E-state index is -0.194. The minimum Gasteiger partial charge on any atom is -0.304 e. The second-order valence-corrected chi connectivity index (χ2v) is 6.32. The molecule has 120 valence electrons. The molecule has 7 heteroatoms. The maximum absolute atomic E-state index is 12.4. The number of thiazole rings is 1. The third kappa shape index (κ3) is 2.69. The molecule has 24 heavy (non-hydrogen) atoms. The van der Waals surface area contributed by atoms with E-state index in [1.807, 2.05) is 23.0 Å². The van der Waals surface area contributed by atoms with Crippen LogP contribution in [-0.2, 0) is 6.54 Å². The van der Waals surface area contributed by atoms with Crippen LogP contribution >= 0.6 is 11.3 Å². The summed E-state index contributed by atoms with van der Waals surface area (Å²) in [6.07, 6.45) is 5.32. The monoisotopic (exact) mass is 337 g/mol. The Morgan fingerprint density at radius 1 is 1.25 bits per heavy atom. The highest BCUT2D eigenvalue weighted by Gasteiger charge is 2.14. The SMILES string of the molecule is Cc1ccccc1Cn1ccc(NC(=O)c2csc3nccn23)n1. The number of rotatable bonds is 4. The van der Waals surface area contributed by atoms with Crippen molar-refractivity contribution in [1.29, 1.82) is 0 Å². The number of aromatic nitrogens is 4. The van der Waals surface area contributed by atoms with Crippen LogP contribution in [0, 0.1) is 6.92 Å². The Hall–Kier alpha value is -2.93. The van der Waals surface area contributed by atoms with E-state index in [0.29, 0.717) is 18.1 Å². The van der Waals surface area contributed by atoms with E-state index >= 15 is 0 Å². The number of carbonyl (C=O) groups is 1. The van der Waals surface area contributed by atoms with Crippen molar-refractivity contribution in [3.8, 4) is 0 Å². The average molecular weight is 337 g/mol. The third-order valence-corrected chi connectivity index (χ3v) is 4.70. The molecule has 0 bridgehead atoms. The normalized spacial score (nSPS) is 11.0. The number of hydrogen-bond donors (Lipinski definition) is 1. The van der Waals surface area contributed by atoms with Gasteiger partial charge in [0.25, 0.3) is 5.91 Å². The highest BCUT2D eigenvalue weighted by atomic mass is 32.1. The molecule has 0 saturated carbocycles. The quantitative estimate of drug-likeness (QED) is 0.622. The lowest BCUT2D eigenvalue weighted by atomic mass is 10.1. The molecule has 3 heterocycles. The zero-order valence-electron chi connectivity index (χ0n) is 13.0. The van der Waals surface area contributed by atoms with E-state index in [2.05, 4.69) is 34.5 Å². The number of fused-ring (bicyclic) bond motifs is 1. The van der Waals surface area contributed by atoms with E-state index in [-0.39, 0.29) is 5.91 Å². The van der Waals surface area contributed by atoms with Gasteiger partial charge in [0, 0.05) is 30.0 Å². The molecule has 0 saturated heterocycles. The topological polar surface area (TPSA) is 64.2 Å². The molecule has 0 aliphatic rings. The summed E-state index contributed by atoms with van der Waals surface area (Å²) in [7, 11) is 0. The molecule has 1 amide bonds. The zero-order valence-corrected chi connectivity index (χ0v) is 13.8. The number of imidazole rings is 1. The fourth-order valence-corrected chi connectivity index (χ4v) is 3.38. The van der Waals surface area contributed by atoms with Gasteiger partial charge in [-0.25, -0.2) is 4.98 Å². The first kappa shape index (κ1) is 14.6. The van der Waals surface area contributed by atoms with Crippen LogP contribution in [0.4, 0.5) is 5.82 Å². The third-order valence-electron chi connectivity index (χ3n) is 3.85. The Morgan fingerprint density at radius 2 is 2.12 bits per heavy atom. The molecular formula is C17H15N5OS. The fraction of sp³-hybridized carbons (Fsp3) is 0.118. The van der Waals surface area contributed by atoms with Gasteiger partial charge in [0.2, 0.25) is 0 Å². The van der Waals surface area contributed by atoms with Gasteiger partial charge in [-0.1, -0.05) is 24.3 Å². The van der Waals surface area contributed by atoms with Crippen LogP contribution in [0.2, 0.25) is 0 Å². The van der Waals surface area contributed by atoms with Crippen LogP contribution in [0.1, 0.15) is 21.6 Å². The molecule has 1 N–H and O–H groups in total. The lowest BCUT2D eigenvalue weighted by Crippen LogP contribution is -2.14. The summed E-state index contributed by atoms with van der Waals surface area (Å²) in [5, 5.41) is 9.06. The van der Waals surface area contributed by atoms with Crippen molar-refractivity contribution in [3.05, 3.63) is 71.1 Å². The van der Waals surface area contributed by atoms with E-state index in [4.69, 9.17) is 0 Å². The van der Waals surface area contributed by atoms with Gasteiger partial charge in [0.1, 0.15) is 5.69 Å². The summed E-state index contributed by atoms with van der Waals surface area (Å²) in [4.78, 5) is 17.4. The molecule has 1 aromatic carbocycles. The summed E-state index contributed by atoms with van der Waals surface area (Å²) in [6.45, 7) is 2.75. The van der Waals surface area contributed by atoms with Gasteiger partial charge in [0.05, 0.1) is 6.54 Å². The molecule has 3 aromatic heterocycles. The number of amides is 1. The molecular weight excluding hydrogens is 322 g/mol. The molecule has 4 aromatic rings. The Morgan fingerprint density at radius 3 is 3.00 bits per heavy atom. The summed E-state index contributed by atoms with van der Waals surface area (Å²) in [5.74, 6) is 0.341. The summed E-state index contributed by atoms with van der Waals surface area (Å²) >= 11 is 1.43. The average Bonchev–Trinajstić information content (AvgIpc) is 3.26. The zero-order chi connectivity index (χ0) is 16.5. The molecule has 0 unspecified atom stereocenters. The van der Waals surface area contributed by atoms with Crippen LogP contribution in [0.5, 0.6) is 0 Å². The highest BCUT2D eigenvalue weighted by molar-refractivity contribution is 7.15. The van der Waals surface area contributed by atoms with Crippen molar-refractivity contribution in [2.45, 2.75) is 13.5 Å². The van der Waals surface area contributed by atoms with Crippen molar-refractivity contribution < 1.29 is 4.79 Å². The van der Waals surface area contributed by atoms with Gasteiger partial charge in [-0.05, 0) is 18.1 Å². The second kappa shape index (κ2) is 5.93. The van der Waals surface area contributed by atoms with Gasteiger partial charge < -0.3 is 5.32 Å². The van der Waals surface area contributed by atoms with Crippen molar-refractivity contribution in [3.63, 3.8) is 0 Å². The van der Waals surface area contributed by atoms with Crippen molar-refractivity contribution in [2.75, 3.05) is 5.32 Å². The smallest absolute Gasteiger partial charge is 0.274 e. The Balaban J connectivity index is 1.50. The predicted octanol–water partition coefficient (Wildman–Crippen LogP) is 3.20. The largest absolute Gasteiger partial charge is 0.304 e. The molecule has 6 nitrogen and oxygen atoms in total. The Bertz CT molecular complexity index is 1010. The van der Waals surface area contributed by atoms with Crippen molar-refractivity contribution in [1.82, 2.24) is 19.2 Å². The van der Waals surface area contributed by atoms with E-state index < -0.39 is 0 Å². The van der Waals surface area contributed by atoms with Crippen LogP contribution in [-0.4, -0.2) is 25.1 Å². The first-order valence-electron chi connectivity index (χ1n) is 7.50. The van der Waals surface area contributed by atoms with Crippen LogP contribution < -0.4 is 5.32 Å². The molecule has 0 aliphatic heterocycles. The van der Waals surface area contributed by atoms with Crippen molar-refractivity contribution in [2.24, 2.45) is 0 Å². The number of carbonyl (C=O) groups excluding carboxylic acids is 1. The van der Waals surface area contributed by atoms with E-state index in [1.165, 1.54) is 22.5 Å². The second-order valence-electron chi connectivity index (χ2n) is 5.48. The van der Waals surface area contributed by atoms with Crippen LogP contribution in [0.3, 0.4) is 0 Å². The molecule has 4 rings (SSSR count). The lowest BCUT2D eigenvalue weighted by Gasteiger charge is -2.05. The van der Waals surface area contributed by atoms with E-state index in [0.717, 1.165) is 4.96 Å². The minimum absolute atomic E-state index is 0.194. The van der Waals surface area contributed by atoms with E-state index in [1.54, 1.807) is 28.2 Å². The van der Waals surface area contributed by atoms with E-state index in [9.17, 15) is 4.79 Å². The molecule has 0 fully saturated rings. The van der Waals surface area contributed by atoms with Crippen LogP contribution in [0.15, 0.2) is 54.3 Å². The Labute approximate surface area is 142 Å². The van der Waals surface area contributed by atoms with Crippen molar-refractivity contribution >= 4 is 28.0 Å². The molecule has 0 radical (unpaired) electrons. The van der Waals surface area contributed by atoms with Gasteiger partial charge >= 0.3 is 0 Å². The number of hydrogen-bond acceptors (Lipinski definition) is 4. The Kier molecular flexibility index (Phi) is 3.62. The summed E-state index contributed by atoms with van der Waals surface area (Å²) in [5.41, 5.74) is 2.98. The predicted molar refractivity (Wildman–Crippen MR) is 93.5 cm³/mol. The summed E-state index contributed by atoms with van der Waals surface area (Å²) in [6, 6.07) is 9.99. The number of anilines is 1. The first-order valence-corrected chi connectivity index (χ1v) is 8.38. The maximum atomic E-state index is 12.4. The summed E-state index contributed by atoms with van der Waals surface area (Å²) < 4.78 is 3.59. The number of nitrogens with zero attached hydrogens (tertiary/aromatic N) is 4. The standard InChI is InChI=1S/C17H15N5OS/c1-12-4-2-3-5-13(12)10-21-8-6-15(20-21)19-16(23)14-11-24-17-18-7-9-22(14)17/h2-9,11H,10H2,1H3,(H,19,20,23). The van der Waals surface area contributed by atoms with Gasteiger partial charge in [-0.3, -0.25) is 13.9 Å². The molecule has 0 aliphatic carbocycles. The van der Waals surface area contributed by atoms with Gasteiger partial charge in [-0.2, -0.15) is 5.10 Å².